The van der Waals surface area contributed by atoms with Crippen LogP contribution in [-0.2, 0) is 38.0 Å². The van der Waals surface area contributed by atoms with Gasteiger partial charge in [0.1, 0.15) is 24.4 Å². The normalized spacial score (nSPS) is 43.4. The lowest BCUT2D eigenvalue weighted by Crippen LogP contribution is -2.45. The lowest BCUT2D eigenvalue weighted by atomic mass is 10.1. The minimum atomic E-state index is -3.69. The Kier molecular flexibility index (Phi) is 3.84. The van der Waals surface area contributed by atoms with E-state index in [-0.39, 0.29) is 6.61 Å². The topological polar surface area (TPSA) is 89.5 Å². The van der Waals surface area contributed by atoms with Crippen LogP contribution in [0, 0.1) is 0 Å². The number of hydrogen-bond acceptors (Lipinski definition) is 8. The highest BCUT2D eigenvalue weighted by atomic mass is 32.2. The van der Waals surface area contributed by atoms with Gasteiger partial charge in [0.2, 0.25) is 0 Å². The van der Waals surface area contributed by atoms with E-state index < -0.39 is 52.4 Å². The van der Waals surface area contributed by atoms with Crippen LogP contribution < -0.4 is 0 Å². The fourth-order valence-electron chi connectivity index (χ4n) is 2.99. The Morgan fingerprint density at radius 3 is 2.23 bits per heavy atom. The molecular weight excluding hydrogens is 316 g/mol. The van der Waals surface area contributed by atoms with Gasteiger partial charge in [0.05, 0.1) is 12.9 Å². The first kappa shape index (κ1) is 16.6. The number of rotatable bonds is 3. The second kappa shape index (κ2) is 5.10. The molecule has 0 radical (unpaired) electrons. The average Bonchev–Trinajstić information content (AvgIpc) is 2.89. The third kappa shape index (κ3) is 3.30. The standard InChI is InChI=1S/C13H22O8S/c1-12(2)16-6-7(18-12)8-9(21-22(5,14)15)10-11(17-8)20-13(3,4)19-10/h7-11H,6H2,1-5H3/t7-,8-,9+,10?,11?/m1/s1. The molecule has 22 heavy (non-hydrogen) atoms. The van der Waals surface area contributed by atoms with Crippen molar-refractivity contribution in [2.24, 2.45) is 0 Å². The van der Waals surface area contributed by atoms with Crippen molar-refractivity contribution in [1.29, 1.82) is 0 Å². The second-order valence-electron chi connectivity index (χ2n) is 6.70. The molecule has 0 aromatic heterocycles. The van der Waals surface area contributed by atoms with Crippen LogP contribution in [0.5, 0.6) is 0 Å². The summed E-state index contributed by atoms with van der Waals surface area (Å²) < 4.78 is 56.8. The molecule has 0 aromatic carbocycles. The van der Waals surface area contributed by atoms with Crippen LogP contribution in [0.25, 0.3) is 0 Å². The van der Waals surface area contributed by atoms with Crippen molar-refractivity contribution in [3.8, 4) is 0 Å². The van der Waals surface area contributed by atoms with Gasteiger partial charge in [-0.25, -0.2) is 0 Å². The molecule has 3 saturated heterocycles. The van der Waals surface area contributed by atoms with Crippen molar-refractivity contribution in [3.05, 3.63) is 0 Å². The van der Waals surface area contributed by atoms with E-state index in [1.54, 1.807) is 27.7 Å². The Bertz CT molecular complexity index is 542. The molecule has 9 heteroatoms. The molecule has 0 spiro atoms. The molecule has 0 amide bonds. The summed E-state index contributed by atoms with van der Waals surface area (Å²) in [5.41, 5.74) is 0. The first-order chi connectivity index (χ1) is 9.96. The van der Waals surface area contributed by atoms with Gasteiger partial charge in [-0.3, -0.25) is 4.18 Å². The molecule has 3 aliphatic rings. The molecule has 128 valence electrons. The molecule has 0 aromatic rings. The Morgan fingerprint density at radius 2 is 1.68 bits per heavy atom. The summed E-state index contributed by atoms with van der Waals surface area (Å²) in [7, 11) is -3.69. The van der Waals surface area contributed by atoms with Crippen LogP contribution in [0.3, 0.4) is 0 Å². The van der Waals surface area contributed by atoms with E-state index in [9.17, 15) is 8.42 Å². The molecule has 0 aliphatic carbocycles. The van der Waals surface area contributed by atoms with Crippen molar-refractivity contribution in [1.82, 2.24) is 0 Å². The first-order valence-electron chi connectivity index (χ1n) is 7.17. The molecule has 3 heterocycles. The summed E-state index contributed by atoms with van der Waals surface area (Å²) in [6.45, 7) is 7.32. The maximum atomic E-state index is 11.6. The average molecular weight is 338 g/mol. The van der Waals surface area contributed by atoms with Gasteiger partial charge in [0, 0.05) is 0 Å². The molecule has 2 unspecified atom stereocenters. The molecule has 3 rings (SSSR count). The first-order valence-corrected chi connectivity index (χ1v) is 8.99. The Labute approximate surface area is 130 Å². The molecule has 5 atom stereocenters. The fourth-order valence-corrected chi connectivity index (χ4v) is 3.61. The highest BCUT2D eigenvalue weighted by molar-refractivity contribution is 7.86. The van der Waals surface area contributed by atoms with Crippen molar-refractivity contribution >= 4 is 10.1 Å². The van der Waals surface area contributed by atoms with Gasteiger partial charge in [-0.05, 0) is 27.7 Å². The van der Waals surface area contributed by atoms with E-state index in [0.717, 1.165) is 6.26 Å². The van der Waals surface area contributed by atoms with Crippen LogP contribution in [0.2, 0.25) is 0 Å². The molecule has 0 bridgehead atoms. The lowest BCUT2D eigenvalue weighted by Gasteiger charge is -2.28. The maximum absolute atomic E-state index is 11.6. The van der Waals surface area contributed by atoms with Gasteiger partial charge < -0.3 is 23.7 Å². The fraction of sp³-hybridized carbons (Fsp3) is 1.00. The van der Waals surface area contributed by atoms with Gasteiger partial charge in [-0.1, -0.05) is 0 Å². The van der Waals surface area contributed by atoms with Gasteiger partial charge in [-0.15, -0.1) is 0 Å². The number of fused-ring (bicyclic) bond motifs is 1. The number of hydrogen-bond donors (Lipinski definition) is 0. The smallest absolute Gasteiger partial charge is 0.264 e. The third-order valence-corrected chi connectivity index (χ3v) is 4.28. The van der Waals surface area contributed by atoms with Crippen molar-refractivity contribution < 1.29 is 36.3 Å². The summed E-state index contributed by atoms with van der Waals surface area (Å²) in [4.78, 5) is 0. The monoisotopic (exact) mass is 338 g/mol. The second-order valence-corrected chi connectivity index (χ2v) is 8.30. The highest BCUT2D eigenvalue weighted by Gasteiger charge is 2.59. The molecule has 3 fully saturated rings. The highest BCUT2D eigenvalue weighted by Crippen LogP contribution is 2.42. The van der Waals surface area contributed by atoms with E-state index in [0.29, 0.717) is 0 Å². The summed E-state index contributed by atoms with van der Waals surface area (Å²) in [5, 5.41) is 0. The molecule has 8 nitrogen and oxygen atoms in total. The van der Waals surface area contributed by atoms with Gasteiger partial charge in [0.15, 0.2) is 17.9 Å². The number of ether oxygens (including phenoxy) is 5. The van der Waals surface area contributed by atoms with Gasteiger partial charge in [0.25, 0.3) is 10.1 Å². The molecule has 0 N–H and O–H groups in total. The van der Waals surface area contributed by atoms with Crippen molar-refractivity contribution in [2.45, 2.75) is 70.0 Å². The zero-order valence-corrected chi connectivity index (χ0v) is 14.1. The van der Waals surface area contributed by atoms with E-state index in [2.05, 4.69) is 0 Å². The van der Waals surface area contributed by atoms with Crippen molar-refractivity contribution in [2.75, 3.05) is 12.9 Å². The van der Waals surface area contributed by atoms with Gasteiger partial charge in [-0.2, -0.15) is 8.42 Å². The summed E-state index contributed by atoms with van der Waals surface area (Å²) >= 11 is 0. The van der Waals surface area contributed by atoms with Crippen LogP contribution in [-0.4, -0.2) is 63.6 Å². The zero-order valence-electron chi connectivity index (χ0n) is 13.3. The Balaban J connectivity index is 1.81. The Morgan fingerprint density at radius 1 is 1.00 bits per heavy atom. The Hall–Kier alpha value is -0.290. The van der Waals surface area contributed by atoms with E-state index >= 15 is 0 Å². The predicted octanol–water partition coefficient (Wildman–Crippen LogP) is 0.359. The minimum absolute atomic E-state index is 0.282. The molecular formula is C13H22O8S. The quantitative estimate of drug-likeness (QED) is 0.682. The van der Waals surface area contributed by atoms with Crippen LogP contribution in [0.15, 0.2) is 0 Å². The maximum Gasteiger partial charge on any atom is 0.264 e. The minimum Gasteiger partial charge on any atom is -0.348 e. The van der Waals surface area contributed by atoms with E-state index in [1.807, 2.05) is 0 Å². The SMILES string of the molecule is CC1(C)OC2O[C@H]([C@H]3COC(C)(C)O3)[C@H](OS(C)(=O)=O)C2O1. The van der Waals surface area contributed by atoms with Crippen LogP contribution in [0.1, 0.15) is 27.7 Å². The predicted molar refractivity (Wildman–Crippen MR) is 73.3 cm³/mol. The third-order valence-electron chi connectivity index (χ3n) is 3.71. The molecule has 3 aliphatic heterocycles. The lowest BCUT2D eigenvalue weighted by molar-refractivity contribution is -0.230. The van der Waals surface area contributed by atoms with Gasteiger partial charge >= 0.3 is 0 Å². The summed E-state index contributed by atoms with van der Waals surface area (Å²) in [6, 6.07) is 0. The van der Waals surface area contributed by atoms with Crippen LogP contribution in [0.4, 0.5) is 0 Å². The van der Waals surface area contributed by atoms with Crippen molar-refractivity contribution in [3.63, 3.8) is 0 Å². The largest absolute Gasteiger partial charge is 0.348 e. The zero-order chi connectivity index (χ0) is 16.3. The van der Waals surface area contributed by atoms with E-state index in [1.165, 1.54) is 0 Å². The molecule has 0 saturated carbocycles. The summed E-state index contributed by atoms with van der Waals surface area (Å²) in [5.74, 6) is -1.60. The van der Waals surface area contributed by atoms with Crippen LogP contribution >= 0.6 is 0 Å². The van der Waals surface area contributed by atoms with E-state index in [4.69, 9.17) is 27.9 Å². The summed E-state index contributed by atoms with van der Waals surface area (Å²) in [6.07, 6.45) is -2.29.